The highest BCUT2D eigenvalue weighted by Gasteiger charge is 2.17. The lowest BCUT2D eigenvalue weighted by atomic mass is 9.82. The van der Waals surface area contributed by atoms with E-state index in [1.807, 2.05) is 31.2 Å². The van der Waals surface area contributed by atoms with Gasteiger partial charge in [-0.3, -0.25) is 4.79 Å². The minimum absolute atomic E-state index is 0.196. The van der Waals surface area contributed by atoms with Crippen molar-refractivity contribution in [2.75, 3.05) is 0 Å². The van der Waals surface area contributed by atoms with E-state index >= 15 is 0 Å². The molecule has 0 saturated heterocycles. The molecule has 0 aromatic heterocycles. The van der Waals surface area contributed by atoms with Crippen molar-refractivity contribution in [3.05, 3.63) is 59.7 Å². The van der Waals surface area contributed by atoms with Crippen molar-refractivity contribution >= 4 is 5.78 Å². The van der Waals surface area contributed by atoms with Crippen molar-refractivity contribution in [2.45, 2.75) is 46.0 Å². The summed E-state index contributed by atoms with van der Waals surface area (Å²) in [7, 11) is 0. The second kappa shape index (κ2) is 6.26. The average molecular weight is 280 g/mol. The molecule has 0 N–H and O–H groups in total. The number of ketones is 1. The first kappa shape index (κ1) is 15.5. The van der Waals surface area contributed by atoms with Crippen LogP contribution in [0.3, 0.4) is 0 Å². The van der Waals surface area contributed by atoms with Crippen LogP contribution in [0.5, 0.6) is 0 Å². The Morgan fingerprint density at radius 3 is 1.76 bits per heavy atom. The molecule has 0 amide bonds. The van der Waals surface area contributed by atoms with Crippen LogP contribution in [0.25, 0.3) is 11.1 Å². The number of carbonyl (C=O) groups is 1. The van der Waals surface area contributed by atoms with E-state index in [2.05, 4.69) is 45.0 Å². The van der Waals surface area contributed by atoms with Crippen LogP contribution in [0.4, 0.5) is 0 Å². The van der Waals surface area contributed by atoms with Crippen LogP contribution in [0.2, 0.25) is 0 Å². The minimum atomic E-state index is 0.196. The van der Waals surface area contributed by atoms with Gasteiger partial charge in [0, 0.05) is 12.0 Å². The topological polar surface area (TPSA) is 17.1 Å². The lowest BCUT2D eigenvalue weighted by Crippen LogP contribution is -2.14. The molecule has 0 bridgehead atoms. The summed E-state index contributed by atoms with van der Waals surface area (Å²) in [5.74, 6) is 0.196. The minimum Gasteiger partial charge on any atom is -0.294 e. The van der Waals surface area contributed by atoms with Gasteiger partial charge in [-0.15, -0.1) is 0 Å². The molecule has 2 rings (SSSR count). The van der Waals surface area contributed by atoms with Crippen LogP contribution in [-0.4, -0.2) is 5.78 Å². The molecular formula is C20H24O. The van der Waals surface area contributed by atoms with Crippen molar-refractivity contribution in [3.8, 4) is 11.1 Å². The van der Waals surface area contributed by atoms with Crippen molar-refractivity contribution < 1.29 is 4.79 Å². The largest absolute Gasteiger partial charge is 0.294 e. The van der Waals surface area contributed by atoms with E-state index in [-0.39, 0.29) is 11.2 Å². The molecule has 0 spiro atoms. The van der Waals surface area contributed by atoms with Crippen LogP contribution >= 0.6 is 0 Å². The van der Waals surface area contributed by atoms with Gasteiger partial charge in [-0.05, 0) is 28.5 Å². The first-order valence-corrected chi connectivity index (χ1v) is 7.72. The maximum Gasteiger partial charge on any atom is 0.162 e. The second-order valence-corrected chi connectivity index (χ2v) is 6.17. The highest BCUT2D eigenvalue weighted by atomic mass is 16.1. The third-order valence-corrected chi connectivity index (χ3v) is 4.41. The van der Waals surface area contributed by atoms with E-state index < -0.39 is 0 Å². The third kappa shape index (κ3) is 3.41. The van der Waals surface area contributed by atoms with Gasteiger partial charge in [-0.1, -0.05) is 76.2 Å². The number of Topliss-reactive ketones (excluding diaryl/α,β-unsaturated/α-hetero) is 1. The van der Waals surface area contributed by atoms with Crippen molar-refractivity contribution in [1.29, 1.82) is 0 Å². The standard InChI is InChI=1S/C20H24O/c1-5-19(21)17-9-7-15(8-10-17)16-11-13-18(14-12-16)20(3,4)6-2/h7-14H,5-6H2,1-4H3. The number of carbonyl (C=O) groups excluding carboxylic acids is 1. The Hall–Kier alpha value is -1.89. The van der Waals surface area contributed by atoms with E-state index in [4.69, 9.17) is 0 Å². The van der Waals surface area contributed by atoms with E-state index in [0.717, 1.165) is 17.5 Å². The molecule has 0 aliphatic heterocycles. The Bertz CT molecular complexity index is 603. The molecule has 0 unspecified atom stereocenters. The SMILES string of the molecule is CCC(=O)c1ccc(-c2ccc(C(C)(C)CC)cc2)cc1. The summed E-state index contributed by atoms with van der Waals surface area (Å²) in [6.45, 7) is 8.65. The zero-order chi connectivity index (χ0) is 15.5. The monoisotopic (exact) mass is 280 g/mol. The van der Waals surface area contributed by atoms with Gasteiger partial charge in [0.15, 0.2) is 5.78 Å². The molecule has 0 aliphatic carbocycles. The lowest BCUT2D eigenvalue weighted by molar-refractivity contribution is 0.0988. The molecule has 110 valence electrons. The molecule has 21 heavy (non-hydrogen) atoms. The van der Waals surface area contributed by atoms with Gasteiger partial charge in [0.1, 0.15) is 0 Å². The predicted molar refractivity (Wildman–Crippen MR) is 89.8 cm³/mol. The number of rotatable bonds is 5. The van der Waals surface area contributed by atoms with Crippen LogP contribution in [0.15, 0.2) is 48.5 Å². The highest BCUT2D eigenvalue weighted by Crippen LogP contribution is 2.29. The van der Waals surface area contributed by atoms with Gasteiger partial charge in [-0.25, -0.2) is 0 Å². The molecule has 0 saturated carbocycles. The van der Waals surface area contributed by atoms with Crippen molar-refractivity contribution in [2.24, 2.45) is 0 Å². The van der Waals surface area contributed by atoms with Gasteiger partial charge in [0.05, 0.1) is 0 Å². The number of benzene rings is 2. The zero-order valence-corrected chi connectivity index (χ0v) is 13.4. The van der Waals surface area contributed by atoms with Gasteiger partial charge in [-0.2, -0.15) is 0 Å². The van der Waals surface area contributed by atoms with E-state index in [0.29, 0.717) is 6.42 Å². The summed E-state index contributed by atoms with van der Waals surface area (Å²) in [6.07, 6.45) is 1.68. The van der Waals surface area contributed by atoms with Crippen LogP contribution in [0.1, 0.15) is 56.5 Å². The molecule has 0 heterocycles. The van der Waals surface area contributed by atoms with Crippen LogP contribution in [0, 0.1) is 0 Å². The average Bonchev–Trinajstić information content (AvgIpc) is 2.54. The van der Waals surface area contributed by atoms with Crippen molar-refractivity contribution in [1.82, 2.24) is 0 Å². The summed E-state index contributed by atoms with van der Waals surface area (Å²) in [5, 5.41) is 0. The summed E-state index contributed by atoms with van der Waals surface area (Å²) in [4.78, 5) is 11.6. The van der Waals surface area contributed by atoms with Gasteiger partial charge >= 0.3 is 0 Å². The normalized spacial score (nSPS) is 11.4. The molecule has 1 nitrogen and oxygen atoms in total. The first-order valence-electron chi connectivity index (χ1n) is 7.72. The molecule has 0 fully saturated rings. The maximum absolute atomic E-state index is 11.6. The predicted octanol–water partition coefficient (Wildman–Crippen LogP) is 5.63. The molecule has 0 aliphatic rings. The lowest BCUT2D eigenvalue weighted by Gasteiger charge is -2.23. The quantitative estimate of drug-likeness (QED) is 0.648. The Labute approximate surface area is 128 Å². The van der Waals surface area contributed by atoms with Crippen molar-refractivity contribution in [3.63, 3.8) is 0 Å². The van der Waals surface area contributed by atoms with E-state index in [9.17, 15) is 4.79 Å². The third-order valence-electron chi connectivity index (χ3n) is 4.41. The summed E-state index contributed by atoms with van der Waals surface area (Å²) in [5.41, 5.74) is 4.73. The van der Waals surface area contributed by atoms with E-state index in [1.165, 1.54) is 11.1 Å². The Morgan fingerprint density at radius 1 is 0.857 bits per heavy atom. The molecule has 0 atom stereocenters. The Balaban J connectivity index is 2.25. The molecule has 0 radical (unpaired) electrons. The summed E-state index contributed by atoms with van der Waals surface area (Å²) in [6, 6.07) is 16.7. The highest BCUT2D eigenvalue weighted by molar-refractivity contribution is 5.96. The summed E-state index contributed by atoms with van der Waals surface area (Å²) >= 11 is 0. The maximum atomic E-state index is 11.6. The molecular weight excluding hydrogens is 256 g/mol. The van der Waals surface area contributed by atoms with Crippen LogP contribution in [-0.2, 0) is 5.41 Å². The second-order valence-electron chi connectivity index (χ2n) is 6.17. The molecule has 1 heteroatoms. The number of hydrogen-bond donors (Lipinski definition) is 0. The Kier molecular flexibility index (Phi) is 4.62. The number of hydrogen-bond acceptors (Lipinski definition) is 1. The zero-order valence-electron chi connectivity index (χ0n) is 13.4. The summed E-state index contributed by atoms with van der Waals surface area (Å²) < 4.78 is 0. The van der Waals surface area contributed by atoms with Gasteiger partial charge < -0.3 is 0 Å². The van der Waals surface area contributed by atoms with E-state index in [1.54, 1.807) is 0 Å². The van der Waals surface area contributed by atoms with Crippen LogP contribution < -0.4 is 0 Å². The Morgan fingerprint density at radius 2 is 1.33 bits per heavy atom. The fourth-order valence-electron chi connectivity index (χ4n) is 2.37. The fraction of sp³-hybridized carbons (Fsp3) is 0.350. The smallest absolute Gasteiger partial charge is 0.162 e. The van der Waals surface area contributed by atoms with Gasteiger partial charge in [0.25, 0.3) is 0 Å². The van der Waals surface area contributed by atoms with Gasteiger partial charge in [0.2, 0.25) is 0 Å². The first-order chi connectivity index (χ1) is 9.97. The fourth-order valence-corrected chi connectivity index (χ4v) is 2.37. The molecule has 2 aromatic carbocycles. The molecule has 2 aromatic rings.